The summed E-state index contributed by atoms with van der Waals surface area (Å²) in [6.07, 6.45) is 0. The van der Waals surface area contributed by atoms with Crippen molar-refractivity contribution in [2.75, 3.05) is 5.32 Å². The van der Waals surface area contributed by atoms with Crippen LogP contribution in [0.15, 0.2) is 102 Å². The summed E-state index contributed by atoms with van der Waals surface area (Å²) < 4.78 is 18.0. The van der Waals surface area contributed by atoms with Crippen LogP contribution < -0.4 is 10.9 Å². The van der Waals surface area contributed by atoms with E-state index in [1.165, 1.54) is 4.57 Å². The average molecular weight is 521 g/mol. The van der Waals surface area contributed by atoms with Gasteiger partial charge in [-0.2, -0.15) is 8.42 Å². The van der Waals surface area contributed by atoms with Crippen LogP contribution in [0.5, 0.6) is 0 Å². The Morgan fingerprint density at radius 3 is 1.97 bits per heavy atom. The van der Waals surface area contributed by atoms with Crippen molar-refractivity contribution in [3.05, 3.63) is 130 Å². The SMILES string of the molecule is Cn1c(=O)c(C(=O)c2ccccc2)c2c3c(c(Nc4ccccc4)ccc31)C(=O)c1ccccc1-2.O=S=O. The first-order chi connectivity index (χ1) is 18.5. The van der Waals surface area contributed by atoms with Crippen LogP contribution >= 0.6 is 0 Å². The predicted octanol–water partition coefficient (Wildman–Crippen LogP) is 5.05. The molecule has 5 aromatic rings. The number of fused-ring (bicyclic) bond motifs is 2. The second-order valence-corrected chi connectivity index (χ2v) is 8.76. The maximum absolute atomic E-state index is 13.8. The number of anilines is 2. The van der Waals surface area contributed by atoms with Crippen molar-refractivity contribution < 1.29 is 18.0 Å². The summed E-state index contributed by atoms with van der Waals surface area (Å²) in [6, 6.07) is 29.2. The smallest absolute Gasteiger partial charge is 0.335 e. The molecule has 0 spiro atoms. The van der Waals surface area contributed by atoms with E-state index in [4.69, 9.17) is 8.42 Å². The minimum absolute atomic E-state index is 0.0734. The molecule has 38 heavy (non-hydrogen) atoms. The Kier molecular flexibility index (Phi) is 6.64. The zero-order valence-electron chi connectivity index (χ0n) is 20.1. The number of ketones is 2. The number of aryl methyl sites for hydroxylation is 1. The number of aromatic nitrogens is 1. The van der Waals surface area contributed by atoms with Gasteiger partial charge in [0.25, 0.3) is 5.56 Å². The van der Waals surface area contributed by atoms with Crippen LogP contribution in [0, 0.1) is 0 Å². The third-order valence-electron chi connectivity index (χ3n) is 6.55. The third kappa shape index (κ3) is 4.07. The molecule has 0 radical (unpaired) electrons. The number of hydrogen-bond donors (Lipinski definition) is 1. The van der Waals surface area contributed by atoms with Gasteiger partial charge in [-0.3, -0.25) is 14.4 Å². The molecule has 1 N–H and O–H groups in total. The van der Waals surface area contributed by atoms with Crippen LogP contribution in [0.2, 0.25) is 0 Å². The summed E-state index contributed by atoms with van der Waals surface area (Å²) in [4.78, 5) is 41.2. The number of benzene rings is 4. The Hall–Kier alpha value is -4.95. The highest BCUT2D eigenvalue weighted by molar-refractivity contribution is 7.51. The molecule has 1 aliphatic rings. The van der Waals surface area contributed by atoms with Gasteiger partial charge in [0.05, 0.1) is 22.3 Å². The van der Waals surface area contributed by atoms with Crippen molar-refractivity contribution in [1.29, 1.82) is 0 Å². The predicted molar refractivity (Wildman–Crippen MR) is 147 cm³/mol. The van der Waals surface area contributed by atoms with Gasteiger partial charge < -0.3 is 9.88 Å². The molecule has 7 nitrogen and oxygen atoms in total. The Labute approximate surface area is 221 Å². The number of nitrogens with zero attached hydrogens (tertiary/aromatic N) is 1. The van der Waals surface area contributed by atoms with E-state index in [1.54, 1.807) is 43.4 Å². The molecule has 8 heteroatoms. The lowest BCUT2D eigenvalue weighted by Gasteiger charge is -2.25. The summed E-state index contributed by atoms with van der Waals surface area (Å²) in [6.45, 7) is 0. The van der Waals surface area contributed by atoms with Crippen LogP contribution in [-0.4, -0.2) is 24.6 Å². The Balaban J connectivity index is 0.000000937. The summed E-state index contributed by atoms with van der Waals surface area (Å²) in [5.41, 5.74) is 4.22. The maximum atomic E-state index is 13.8. The fourth-order valence-electron chi connectivity index (χ4n) is 4.90. The van der Waals surface area contributed by atoms with Gasteiger partial charge in [-0.15, -0.1) is 0 Å². The highest BCUT2D eigenvalue weighted by Gasteiger charge is 2.33. The fourth-order valence-corrected chi connectivity index (χ4v) is 4.90. The summed E-state index contributed by atoms with van der Waals surface area (Å²) in [5, 5.41) is 3.97. The van der Waals surface area contributed by atoms with E-state index in [0.29, 0.717) is 44.4 Å². The number of rotatable bonds is 4. The van der Waals surface area contributed by atoms with Crippen molar-refractivity contribution >= 4 is 45.4 Å². The van der Waals surface area contributed by atoms with Crippen LogP contribution in [0.25, 0.3) is 22.0 Å². The van der Waals surface area contributed by atoms with E-state index in [1.807, 2.05) is 60.7 Å². The van der Waals surface area contributed by atoms with Crippen LogP contribution in [-0.2, 0) is 18.6 Å². The van der Waals surface area contributed by atoms with Gasteiger partial charge in [0, 0.05) is 34.8 Å². The molecule has 0 unspecified atom stereocenters. The van der Waals surface area contributed by atoms with Crippen molar-refractivity contribution in [2.24, 2.45) is 7.05 Å². The van der Waals surface area contributed by atoms with Gasteiger partial charge in [0.1, 0.15) is 0 Å². The van der Waals surface area contributed by atoms with Gasteiger partial charge in [0.15, 0.2) is 11.6 Å². The fraction of sp³-hybridized carbons (Fsp3) is 0.0333. The van der Waals surface area contributed by atoms with E-state index in [-0.39, 0.29) is 22.7 Å². The lowest BCUT2D eigenvalue weighted by molar-refractivity contribution is 0.102. The van der Waals surface area contributed by atoms with E-state index in [0.717, 1.165) is 5.69 Å². The topological polar surface area (TPSA) is 102 Å². The second-order valence-electron chi connectivity index (χ2n) is 8.63. The molecule has 4 aromatic carbocycles. The highest BCUT2D eigenvalue weighted by atomic mass is 32.1. The number of para-hydroxylation sites is 1. The zero-order chi connectivity index (χ0) is 26.8. The van der Waals surface area contributed by atoms with Gasteiger partial charge in [0.2, 0.25) is 0 Å². The molecule has 0 saturated carbocycles. The largest absolute Gasteiger partial charge is 0.355 e. The summed E-state index contributed by atoms with van der Waals surface area (Å²) in [7, 11) is 1.64. The number of hydrogen-bond acceptors (Lipinski definition) is 6. The van der Waals surface area contributed by atoms with E-state index >= 15 is 0 Å². The number of carbonyl (C=O) groups excluding carboxylic acids is 2. The first-order valence-corrected chi connectivity index (χ1v) is 12.3. The van der Waals surface area contributed by atoms with Crippen LogP contribution in [0.3, 0.4) is 0 Å². The minimum atomic E-state index is -0.750. The molecule has 0 amide bonds. The van der Waals surface area contributed by atoms with Gasteiger partial charge >= 0.3 is 11.6 Å². The molecule has 0 saturated heterocycles. The number of nitrogens with one attached hydrogen (secondary N) is 1. The van der Waals surface area contributed by atoms with Crippen LogP contribution in [0.4, 0.5) is 11.4 Å². The van der Waals surface area contributed by atoms with Gasteiger partial charge in [-0.1, -0.05) is 72.8 Å². The first-order valence-electron chi connectivity index (χ1n) is 11.6. The molecular formula is C30H20N2O5S. The zero-order valence-corrected chi connectivity index (χ0v) is 21.0. The van der Waals surface area contributed by atoms with E-state index in [2.05, 4.69) is 5.32 Å². The highest BCUT2D eigenvalue weighted by Crippen LogP contribution is 2.43. The quantitative estimate of drug-likeness (QED) is 0.326. The Morgan fingerprint density at radius 1 is 0.737 bits per heavy atom. The van der Waals surface area contributed by atoms with Crippen molar-refractivity contribution in [1.82, 2.24) is 4.57 Å². The molecule has 1 aromatic heterocycles. The lowest BCUT2D eigenvalue weighted by Crippen LogP contribution is -2.29. The molecule has 186 valence electrons. The lowest BCUT2D eigenvalue weighted by atomic mass is 9.80. The molecule has 0 fully saturated rings. The molecule has 6 rings (SSSR count). The average Bonchev–Trinajstić information content (AvgIpc) is 2.95. The van der Waals surface area contributed by atoms with E-state index < -0.39 is 11.6 Å². The van der Waals surface area contributed by atoms with E-state index in [9.17, 15) is 14.4 Å². The molecule has 0 aliphatic heterocycles. The van der Waals surface area contributed by atoms with Gasteiger partial charge in [-0.05, 0) is 29.8 Å². The monoisotopic (exact) mass is 520 g/mol. The Morgan fingerprint density at radius 2 is 1.32 bits per heavy atom. The molecule has 1 aliphatic carbocycles. The maximum Gasteiger partial charge on any atom is 0.335 e. The minimum Gasteiger partial charge on any atom is -0.355 e. The summed E-state index contributed by atoms with van der Waals surface area (Å²) >= 11 is -0.750. The standard InChI is InChI=1S/C30H20N2O3.O2S/c1-32-23-17-16-22(31-19-12-6-3-7-13-19)25-26(23)24(20-14-8-9-15-21(20)29(25)34)27(30(32)35)28(33)18-10-4-2-5-11-18;1-3-2/h2-17,31H,1H3;. The molecule has 1 heterocycles. The van der Waals surface area contributed by atoms with Crippen molar-refractivity contribution in [3.63, 3.8) is 0 Å². The first kappa shape index (κ1) is 24.7. The number of pyridine rings is 1. The molecular weight excluding hydrogens is 500 g/mol. The second kappa shape index (κ2) is 10.2. The Bertz CT molecular complexity index is 1820. The van der Waals surface area contributed by atoms with Gasteiger partial charge in [-0.25, -0.2) is 0 Å². The van der Waals surface area contributed by atoms with Crippen LogP contribution in [0.1, 0.15) is 31.8 Å². The summed E-state index contributed by atoms with van der Waals surface area (Å²) in [5.74, 6) is -0.506. The molecule has 0 atom stereocenters. The van der Waals surface area contributed by atoms with Crippen molar-refractivity contribution in [3.8, 4) is 11.1 Å². The number of carbonyl (C=O) groups is 2. The third-order valence-corrected chi connectivity index (χ3v) is 6.55. The normalized spacial score (nSPS) is 11.2. The molecule has 0 bridgehead atoms. The van der Waals surface area contributed by atoms with Crippen molar-refractivity contribution in [2.45, 2.75) is 0 Å².